The molecule has 0 spiro atoms. The van der Waals surface area contributed by atoms with Gasteiger partial charge in [0.25, 0.3) is 5.91 Å². The minimum Gasteiger partial charge on any atom is -0.543 e. The van der Waals surface area contributed by atoms with Crippen molar-refractivity contribution in [1.29, 1.82) is 0 Å². The SMILES string of the molecule is CC(C)(C)[Si](C)(C)Oc1cccc([C@H]2N(Nc3ccccc3)C(=O)C3CCc4ccccc4N32)c1. The summed E-state index contributed by atoms with van der Waals surface area (Å²) < 4.78 is 6.65. The second-order valence-electron chi connectivity index (χ2n) is 11.1. The molecular weight excluding hydrogens is 450 g/mol. The summed E-state index contributed by atoms with van der Waals surface area (Å²) in [5.74, 6) is 0.971. The molecule has 2 heterocycles. The van der Waals surface area contributed by atoms with Crippen molar-refractivity contribution in [2.24, 2.45) is 0 Å². The molecule has 0 bridgehead atoms. The number of anilines is 2. The zero-order chi connectivity index (χ0) is 24.8. The Hall–Kier alpha value is -3.25. The van der Waals surface area contributed by atoms with Crippen LogP contribution >= 0.6 is 0 Å². The summed E-state index contributed by atoms with van der Waals surface area (Å²) in [7, 11) is -2.00. The summed E-state index contributed by atoms with van der Waals surface area (Å²) in [4.78, 5) is 16.1. The molecule has 0 saturated carbocycles. The minimum absolute atomic E-state index is 0.101. The Morgan fingerprint density at radius 3 is 2.40 bits per heavy atom. The Balaban J connectivity index is 1.58. The van der Waals surface area contributed by atoms with E-state index in [2.05, 4.69) is 80.6 Å². The smallest absolute Gasteiger partial charge is 0.265 e. The number of fused-ring (bicyclic) bond motifs is 3. The molecule has 2 aliphatic rings. The van der Waals surface area contributed by atoms with Crippen LogP contribution < -0.4 is 14.8 Å². The summed E-state index contributed by atoms with van der Waals surface area (Å²) in [5, 5.41) is 1.91. The fourth-order valence-corrected chi connectivity index (χ4v) is 5.81. The molecule has 1 saturated heterocycles. The van der Waals surface area contributed by atoms with Crippen LogP contribution in [0.3, 0.4) is 0 Å². The van der Waals surface area contributed by atoms with Gasteiger partial charge in [0.2, 0.25) is 8.32 Å². The van der Waals surface area contributed by atoms with Crippen LogP contribution in [0.2, 0.25) is 18.1 Å². The number of hydrazine groups is 1. The first-order chi connectivity index (χ1) is 16.7. The quantitative estimate of drug-likeness (QED) is 0.406. The summed E-state index contributed by atoms with van der Waals surface area (Å²) >= 11 is 0. The van der Waals surface area contributed by atoms with Gasteiger partial charge in [-0.3, -0.25) is 10.2 Å². The third kappa shape index (κ3) is 4.31. The van der Waals surface area contributed by atoms with Crippen LogP contribution in [-0.4, -0.2) is 25.3 Å². The fraction of sp³-hybridized carbons (Fsp3) is 0.345. The molecule has 2 atom stereocenters. The van der Waals surface area contributed by atoms with Crippen molar-refractivity contribution < 1.29 is 9.22 Å². The zero-order valence-corrected chi connectivity index (χ0v) is 22.3. The summed E-state index contributed by atoms with van der Waals surface area (Å²) in [6.45, 7) is 11.3. The van der Waals surface area contributed by atoms with Crippen LogP contribution in [0.5, 0.6) is 5.75 Å². The molecule has 0 aliphatic carbocycles. The van der Waals surface area contributed by atoms with Crippen molar-refractivity contribution in [1.82, 2.24) is 5.01 Å². The van der Waals surface area contributed by atoms with E-state index >= 15 is 0 Å². The first-order valence-corrected chi connectivity index (χ1v) is 15.4. The van der Waals surface area contributed by atoms with Gasteiger partial charge >= 0.3 is 0 Å². The van der Waals surface area contributed by atoms with E-state index in [0.717, 1.165) is 35.5 Å². The minimum atomic E-state index is -2.00. The van der Waals surface area contributed by atoms with Gasteiger partial charge < -0.3 is 9.33 Å². The second-order valence-corrected chi connectivity index (χ2v) is 15.8. The van der Waals surface area contributed by atoms with E-state index in [1.165, 1.54) is 5.56 Å². The van der Waals surface area contributed by atoms with Gasteiger partial charge in [-0.25, -0.2) is 5.01 Å². The molecule has 3 aromatic carbocycles. The molecule has 2 aliphatic heterocycles. The van der Waals surface area contributed by atoms with Crippen molar-refractivity contribution in [3.63, 3.8) is 0 Å². The van der Waals surface area contributed by atoms with Crippen LogP contribution in [0.4, 0.5) is 11.4 Å². The molecule has 5 rings (SSSR count). The normalized spacial score (nSPS) is 19.9. The van der Waals surface area contributed by atoms with Gasteiger partial charge in [0.1, 0.15) is 11.8 Å². The molecule has 0 aromatic heterocycles. The summed E-state index contributed by atoms with van der Waals surface area (Å²) in [6.07, 6.45) is 1.43. The van der Waals surface area contributed by atoms with Gasteiger partial charge in [0.15, 0.2) is 6.17 Å². The van der Waals surface area contributed by atoms with E-state index in [1.807, 2.05) is 47.5 Å². The van der Waals surface area contributed by atoms with Crippen LogP contribution in [0.15, 0.2) is 78.9 Å². The number of nitrogens with zero attached hydrogens (tertiary/aromatic N) is 2. The van der Waals surface area contributed by atoms with Gasteiger partial charge in [-0.05, 0) is 66.9 Å². The van der Waals surface area contributed by atoms with E-state index in [-0.39, 0.29) is 23.2 Å². The molecule has 182 valence electrons. The van der Waals surface area contributed by atoms with E-state index in [9.17, 15) is 4.79 Å². The largest absolute Gasteiger partial charge is 0.543 e. The van der Waals surface area contributed by atoms with Crippen molar-refractivity contribution in [3.05, 3.63) is 90.0 Å². The monoisotopic (exact) mass is 485 g/mol. The number of amides is 1. The van der Waals surface area contributed by atoms with Gasteiger partial charge in [-0.1, -0.05) is 69.3 Å². The van der Waals surface area contributed by atoms with E-state index in [4.69, 9.17) is 4.43 Å². The second kappa shape index (κ2) is 8.75. The Bertz CT molecular complexity index is 1220. The van der Waals surface area contributed by atoms with Crippen molar-refractivity contribution in [2.75, 3.05) is 10.3 Å². The lowest BCUT2D eigenvalue weighted by molar-refractivity contribution is -0.128. The van der Waals surface area contributed by atoms with E-state index in [1.54, 1.807) is 0 Å². The van der Waals surface area contributed by atoms with Crippen molar-refractivity contribution >= 4 is 25.6 Å². The van der Waals surface area contributed by atoms with Crippen molar-refractivity contribution in [2.45, 2.75) is 64.0 Å². The molecule has 35 heavy (non-hydrogen) atoms. The number of para-hydroxylation sites is 2. The molecule has 0 radical (unpaired) electrons. The van der Waals surface area contributed by atoms with E-state index in [0.29, 0.717) is 0 Å². The summed E-state index contributed by atoms with van der Waals surface area (Å²) in [6, 6.07) is 26.5. The molecule has 1 fully saturated rings. The highest BCUT2D eigenvalue weighted by atomic mass is 28.4. The number of aryl methyl sites for hydroxylation is 1. The lowest BCUT2D eigenvalue weighted by atomic mass is 9.96. The Morgan fingerprint density at radius 1 is 0.943 bits per heavy atom. The first-order valence-electron chi connectivity index (χ1n) is 12.5. The third-order valence-corrected chi connectivity index (χ3v) is 12.0. The Labute approximate surface area is 209 Å². The van der Waals surface area contributed by atoms with Gasteiger partial charge in [0.05, 0.1) is 5.69 Å². The standard InChI is InChI=1S/C29H35N3O2Si/c1-29(2,3)35(4,5)34-24-16-11-13-22(20-24)27-31-25-17-10-9-12-21(25)18-19-26(31)28(33)32(27)30-23-14-7-6-8-15-23/h6-17,20,26-27,30H,18-19H2,1-5H3/t26?,27-/m1/s1. The molecule has 6 heteroatoms. The number of hydrogen-bond acceptors (Lipinski definition) is 4. The first kappa shape index (κ1) is 23.5. The highest BCUT2D eigenvalue weighted by Crippen LogP contribution is 2.45. The average molecular weight is 486 g/mol. The highest BCUT2D eigenvalue weighted by molar-refractivity contribution is 6.74. The lowest BCUT2D eigenvalue weighted by Crippen LogP contribution is -2.44. The number of carbonyl (C=O) groups excluding carboxylic acids is 1. The third-order valence-electron chi connectivity index (χ3n) is 7.68. The van der Waals surface area contributed by atoms with Crippen LogP contribution in [0, 0.1) is 0 Å². The number of hydrogen-bond donors (Lipinski definition) is 1. The molecule has 1 amide bonds. The number of rotatable bonds is 5. The topological polar surface area (TPSA) is 44.8 Å². The van der Waals surface area contributed by atoms with Gasteiger partial charge in [-0.15, -0.1) is 0 Å². The maximum Gasteiger partial charge on any atom is 0.265 e. The molecule has 1 unspecified atom stereocenters. The average Bonchev–Trinajstić information content (AvgIpc) is 3.11. The van der Waals surface area contributed by atoms with Gasteiger partial charge in [0, 0.05) is 11.3 Å². The predicted molar refractivity (Wildman–Crippen MR) is 145 cm³/mol. The maximum absolute atomic E-state index is 13.8. The molecule has 3 aromatic rings. The Morgan fingerprint density at radius 2 is 1.66 bits per heavy atom. The van der Waals surface area contributed by atoms with Crippen LogP contribution in [0.25, 0.3) is 0 Å². The number of benzene rings is 3. The molecular formula is C29H35N3O2Si. The Kier molecular flexibility index (Phi) is 5.87. The lowest BCUT2D eigenvalue weighted by Gasteiger charge is -2.38. The number of carbonyl (C=O) groups is 1. The van der Waals surface area contributed by atoms with Crippen LogP contribution in [-0.2, 0) is 11.2 Å². The fourth-order valence-electron chi connectivity index (χ4n) is 4.79. The zero-order valence-electron chi connectivity index (χ0n) is 21.3. The molecule has 5 nitrogen and oxygen atoms in total. The van der Waals surface area contributed by atoms with Crippen LogP contribution in [0.1, 0.15) is 44.5 Å². The highest BCUT2D eigenvalue weighted by Gasteiger charge is 2.49. The van der Waals surface area contributed by atoms with Crippen molar-refractivity contribution in [3.8, 4) is 5.75 Å². The maximum atomic E-state index is 13.8. The predicted octanol–water partition coefficient (Wildman–Crippen LogP) is 6.76. The van der Waals surface area contributed by atoms with E-state index < -0.39 is 8.32 Å². The van der Waals surface area contributed by atoms with Gasteiger partial charge in [-0.2, -0.15) is 0 Å². The number of nitrogens with one attached hydrogen (secondary N) is 1. The molecule has 1 N–H and O–H groups in total. The summed E-state index contributed by atoms with van der Waals surface area (Å²) in [5.41, 5.74) is 7.79.